The van der Waals surface area contributed by atoms with Crippen molar-refractivity contribution < 1.29 is 24.1 Å². The van der Waals surface area contributed by atoms with Crippen molar-refractivity contribution in [3.05, 3.63) is 69.8 Å². The van der Waals surface area contributed by atoms with Crippen LogP contribution in [0.15, 0.2) is 48.5 Å². The van der Waals surface area contributed by atoms with Gasteiger partial charge in [0.05, 0.1) is 10.6 Å². The molecule has 0 bridgehead atoms. The van der Waals surface area contributed by atoms with Crippen molar-refractivity contribution in [3.8, 4) is 0 Å². The summed E-state index contributed by atoms with van der Waals surface area (Å²) in [6.07, 6.45) is 0.637. The van der Waals surface area contributed by atoms with Crippen LogP contribution in [0.5, 0.6) is 0 Å². The molecule has 0 aliphatic heterocycles. The molecule has 8 nitrogen and oxygen atoms in total. The molecule has 0 atom stereocenters. The first-order valence-electron chi connectivity index (χ1n) is 6.75. The summed E-state index contributed by atoms with van der Waals surface area (Å²) in [6.45, 7) is 1.13. The molecule has 0 radical (unpaired) electrons. The summed E-state index contributed by atoms with van der Waals surface area (Å²) in [7, 11) is 0. The van der Waals surface area contributed by atoms with Crippen LogP contribution in [0.25, 0.3) is 0 Å². The van der Waals surface area contributed by atoms with Crippen LogP contribution in [0.3, 0.4) is 0 Å². The van der Waals surface area contributed by atoms with Gasteiger partial charge in [-0.25, -0.2) is 4.79 Å². The van der Waals surface area contributed by atoms with Gasteiger partial charge in [0, 0.05) is 30.2 Å². The van der Waals surface area contributed by atoms with Crippen molar-refractivity contribution in [1.29, 1.82) is 0 Å². The quantitative estimate of drug-likeness (QED) is 0.485. The number of rotatable bonds is 4. The van der Waals surface area contributed by atoms with Gasteiger partial charge in [0.2, 0.25) is 0 Å². The summed E-state index contributed by atoms with van der Waals surface area (Å²) in [4.78, 5) is 49.5. The van der Waals surface area contributed by atoms with Gasteiger partial charge >= 0.3 is 5.97 Å². The number of benzene rings is 2. The van der Waals surface area contributed by atoms with Crippen LogP contribution in [0.2, 0.25) is 0 Å². The number of anilines is 1. The van der Waals surface area contributed by atoms with Crippen LogP contribution in [-0.2, 0) is 9.63 Å². The molecule has 0 heterocycles. The summed E-state index contributed by atoms with van der Waals surface area (Å²) >= 11 is 0. The van der Waals surface area contributed by atoms with Crippen molar-refractivity contribution in [1.82, 2.24) is 0 Å². The fourth-order valence-corrected chi connectivity index (χ4v) is 1.87. The molecule has 122 valence electrons. The number of aldehydes is 1. The monoisotopic (exact) mass is 328 g/mol. The lowest BCUT2D eigenvalue weighted by Crippen LogP contribution is -2.32. The van der Waals surface area contributed by atoms with E-state index in [1.165, 1.54) is 48.5 Å². The number of carbonyl (C=O) groups is 3. The first kappa shape index (κ1) is 16.8. The Kier molecular flexibility index (Phi) is 5.00. The molecular weight excluding hydrogens is 316 g/mol. The lowest BCUT2D eigenvalue weighted by atomic mass is 10.1. The van der Waals surface area contributed by atoms with Gasteiger partial charge in [-0.15, -0.1) is 5.06 Å². The molecular formula is C16H12N2O6. The molecule has 0 spiro atoms. The lowest BCUT2D eigenvalue weighted by molar-refractivity contribution is -0.384. The highest BCUT2D eigenvalue weighted by molar-refractivity contribution is 6.05. The molecule has 1 amide bonds. The molecule has 2 aromatic rings. The Labute approximate surface area is 136 Å². The van der Waals surface area contributed by atoms with E-state index in [1.807, 2.05) is 0 Å². The van der Waals surface area contributed by atoms with E-state index in [2.05, 4.69) is 0 Å². The third kappa shape index (κ3) is 3.80. The smallest absolute Gasteiger partial charge is 0.330 e. The van der Waals surface area contributed by atoms with E-state index in [0.29, 0.717) is 11.8 Å². The maximum atomic E-state index is 12.5. The van der Waals surface area contributed by atoms with E-state index in [9.17, 15) is 24.5 Å². The van der Waals surface area contributed by atoms with E-state index in [1.54, 1.807) is 0 Å². The largest absolute Gasteiger partial charge is 0.333 e. The summed E-state index contributed by atoms with van der Waals surface area (Å²) in [5.74, 6) is -1.40. The van der Waals surface area contributed by atoms with Crippen LogP contribution >= 0.6 is 0 Å². The lowest BCUT2D eigenvalue weighted by Gasteiger charge is -2.20. The minimum Gasteiger partial charge on any atom is -0.333 e. The normalized spacial score (nSPS) is 9.88. The molecule has 2 rings (SSSR count). The molecule has 8 heteroatoms. The number of hydroxylamine groups is 1. The fourth-order valence-electron chi connectivity index (χ4n) is 1.87. The molecule has 0 saturated carbocycles. The standard InChI is InChI=1S/C16H12N2O6/c1-11(20)24-17(14-6-2-12(10-19)3-7-14)16(21)13-4-8-15(9-5-13)18(22)23/h2-10H,1H3. The second-order valence-corrected chi connectivity index (χ2v) is 4.70. The molecule has 24 heavy (non-hydrogen) atoms. The van der Waals surface area contributed by atoms with E-state index in [-0.39, 0.29) is 16.9 Å². The minimum atomic E-state index is -0.718. The SMILES string of the molecule is CC(=O)ON(C(=O)c1ccc([N+](=O)[O-])cc1)c1ccc(C=O)cc1. The van der Waals surface area contributed by atoms with Crippen LogP contribution < -0.4 is 5.06 Å². The van der Waals surface area contributed by atoms with E-state index in [4.69, 9.17) is 4.84 Å². The fraction of sp³-hybridized carbons (Fsp3) is 0.0625. The highest BCUT2D eigenvalue weighted by Gasteiger charge is 2.22. The van der Waals surface area contributed by atoms with E-state index in [0.717, 1.165) is 12.0 Å². The molecule has 0 saturated heterocycles. The first-order chi connectivity index (χ1) is 11.4. The highest BCUT2D eigenvalue weighted by Crippen LogP contribution is 2.20. The Morgan fingerprint density at radius 1 is 1.08 bits per heavy atom. The number of nitrogens with zero attached hydrogens (tertiary/aromatic N) is 2. The average molecular weight is 328 g/mol. The van der Waals surface area contributed by atoms with Gasteiger partial charge in [0.15, 0.2) is 0 Å². The van der Waals surface area contributed by atoms with Crippen LogP contribution in [-0.4, -0.2) is 23.1 Å². The molecule has 0 unspecified atom stereocenters. The zero-order chi connectivity index (χ0) is 17.7. The third-order valence-electron chi connectivity index (χ3n) is 2.99. The molecule has 0 aromatic heterocycles. The van der Waals surface area contributed by atoms with Crippen molar-refractivity contribution in [3.63, 3.8) is 0 Å². The molecule has 0 N–H and O–H groups in total. The number of non-ortho nitro benzene ring substituents is 1. The predicted molar refractivity (Wildman–Crippen MR) is 83.5 cm³/mol. The summed E-state index contributed by atoms with van der Waals surface area (Å²) in [5, 5.41) is 11.4. The maximum Gasteiger partial charge on any atom is 0.330 e. The van der Waals surface area contributed by atoms with Gasteiger partial charge in [-0.2, -0.15) is 0 Å². The van der Waals surface area contributed by atoms with Gasteiger partial charge < -0.3 is 4.84 Å². The Bertz CT molecular complexity index is 783. The summed E-state index contributed by atoms with van der Waals surface area (Å²) < 4.78 is 0. The number of amides is 1. The predicted octanol–water partition coefficient (Wildman–Crippen LogP) is 2.53. The van der Waals surface area contributed by atoms with Gasteiger partial charge in [-0.3, -0.25) is 19.7 Å². The molecule has 0 fully saturated rings. The second-order valence-electron chi connectivity index (χ2n) is 4.70. The van der Waals surface area contributed by atoms with Crippen molar-refractivity contribution in [2.45, 2.75) is 6.92 Å². The zero-order valence-electron chi connectivity index (χ0n) is 12.5. The Morgan fingerprint density at radius 3 is 2.12 bits per heavy atom. The molecule has 0 aliphatic rings. The molecule has 2 aromatic carbocycles. The molecule has 0 aliphatic carbocycles. The van der Waals surface area contributed by atoms with Crippen LogP contribution in [0.1, 0.15) is 27.6 Å². The van der Waals surface area contributed by atoms with Gasteiger partial charge in [-0.05, 0) is 36.4 Å². The zero-order valence-corrected chi connectivity index (χ0v) is 12.5. The van der Waals surface area contributed by atoms with Crippen LogP contribution in [0.4, 0.5) is 11.4 Å². The Morgan fingerprint density at radius 2 is 1.67 bits per heavy atom. The van der Waals surface area contributed by atoms with Gasteiger partial charge in [-0.1, -0.05) is 0 Å². The number of hydrogen-bond donors (Lipinski definition) is 0. The number of nitro groups is 1. The summed E-state index contributed by atoms with van der Waals surface area (Å²) in [6, 6.07) is 10.7. The van der Waals surface area contributed by atoms with Crippen molar-refractivity contribution >= 4 is 29.5 Å². The second kappa shape index (κ2) is 7.14. The van der Waals surface area contributed by atoms with Gasteiger partial charge in [0.25, 0.3) is 11.6 Å². The van der Waals surface area contributed by atoms with E-state index < -0.39 is 16.8 Å². The maximum absolute atomic E-state index is 12.5. The number of carbonyl (C=O) groups excluding carboxylic acids is 3. The van der Waals surface area contributed by atoms with Crippen molar-refractivity contribution in [2.24, 2.45) is 0 Å². The minimum absolute atomic E-state index is 0.0984. The number of nitro benzene ring substituents is 1. The van der Waals surface area contributed by atoms with E-state index >= 15 is 0 Å². The van der Waals surface area contributed by atoms with Crippen molar-refractivity contribution in [2.75, 3.05) is 5.06 Å². The Balaban J connectivity index is 2.35. The highest BCUT2D eigenvalue weighted by atomic mass is 16.7. The topological polar surface area (TPSA) is 107 Å². The van der Waals surface area contributed by atoms with Crippen LogP contribution in [0, 0.1) is 10.1 Å². The average Bonchev–Trinajstić information content (AvgIpc) is 2.59. The van der Waals surface area contributed by atoms with Gasteiger partial charge in [0.1, 0.15) is 6.29 Å². The first-order valence-corrected chi connectivity index (χ1v) is 6.75. The number of hydrogen-bond acceptors (Lipinski definition) is 6. The summed E-state index contributed by atoms with van der Waals surface area (Å²) in [5.41, 5.74) is 0.561. The Hall–Kier alpha value is -3.55. The third-order valence-corrected chi connectivity index (χ3v) is 2.99.